The third-order valence-electron chi connectivity index (χ3n) is 7.13. The highest BCUT2D eigenvalue weighted by atomic mass is 16.5. The van der Waals surface area contributed by atoms with E-state index in [2.05, 4.69) is 26.8 Å². The smallest absolute Gasteiger partial charge is 0.139 e. The summed E-state index contributed by atoms with van der Waals surface area (Å²) in [6.45, 7) is 6.94. The zero-order valence-electron chi connectivity index (χ0n) is 14.7. The lowest BCUT2D eigenvalue weighted by atomic mass is 9.47. The third-order valence-corrected chi connectivity index (χ3v) is 7.13. The monoisotopic (exact) mass is 304 g/mol. The lowest BCUT2D eigenvalue weighted by Gasteiger charge is -2.56. The Morgan fingerprint density at radius 3 is 2.77 bits per heavy atom. The van der Waals surface area contributed by atoms with Crippen molar-refractivity contribution in [2.75, 3.05) is 7.11 Å². The highest BCUT2D eigenvalue weighted by Gasteiger charge is 2.55. The Morgan fingerprint density at radius 1 is 1.32 bits per heavy atom. The molecule has 0 aromatic rings. The summed E-state index contributed by atoms with van der Waals surface area (Å²) in [4.78, 5) is 12.7. The molecule has 3 rings (SSSR count). The molecule has 2 nitrogen and oxygen atoms in total. The molecule has 3 aliphatic rings. The number of allylic oxidation sites excluding steroid dienone is 2. The summed E-state index contributed by atoms with van der Waals surface area (Å²) in [6, 6.07) is 0. The van der Waals surface area contributed by atoms with Gasteiger partial charge in [0.05, 0.1) is 12.9 Å². The molecule has 0 aromatic carbocycles. The van der Waals surface area contributed by atoms with Gasteiger partial charge in [0.25, 0.3) is 0 Å². The SMILES string of the molecule is CCCC1C(OC)=CCC2C1CCC1(C)C(=O)CC[C@H](C)C21. The summed E-state index contributed by atoms with van der Waals surface area (Å²) in [5, 5.41) is 0. The summed E-state index contributed by atoms with van der Waals surface area (Å²) < 4.78 is 5.71. The van der Waals surface area contributed by atoms with Gasteiger partial charge < -0.3 is 4.74 Å². The van der Waals surface area contributed by atoms with E-state index in [9.17, 15) is 4.79 Å². The van der Waals surface area contributed by atoms with E-state index in [0.717, 1.165) is 31.6 Å². The van der Waals surface area contributed by atoms with Crippen LogP contribution in [-0.2, 0) is 9.53 Å². The van der Waals surface area contributed by atoms with E-state index in [4.69, 9.17) is 4.74 Å². The molecule has 0 saturated heterocycles. The summed E-state index contributed by atoms with van der Waals surface area (Å²) in [5.74, 6) is 5.04. The predicted octanol–water partition coefficient (Wildman–Crippen LogP) is 4.98. The number of carbonyl (C=O) groups is 1. The Hall–Kier alpha value is -0.790. The minimum Gasteiger partial charge on any atom is -0.501 e. The van der Waals surface area contributed by atoms with E-state index >= 15 is 0 Å². The molecule has 0 spiro atoms. The van der Waals surface area contributed by atoms with Crippen LogP contribution in [0.3, 0.4) is 0 Å². The van der Waals surface area contributed by atoms with Crippen LogP contribution in [0.5, 0.6) is 0 Å². The molecular weight excluding hydrogens is 272 g/mol. The minimum absolute atomic E-state index is 0.0476. The van der Waals surface area contributed by atoms with Gasteiger partial charge in [0.15, 0.2) is 0 Å². The van der Waals surface area contributed by atoms with Crippen LogP contribution in [0.15, 0.2) is 11.8 Å². The number of rotatable bonds is 3. The summed E-state index contributed by atoms with van der Waals surface area (Å²) in [5.41, 5.74) is -0.0476. The molecule has 0 amide bonds. The van der Waals surface area contributed by atoms with Gasteiger partial charge in [0, 0.05) is 17.8 Å². The molecule has 2 fully saturated rings. The van der Waals surface area contributed by atoms with E-state index in [-0.39, 0.29) is 5.41 Å². The molecule has 0 heterocycles. The van der Waals surface area contributed by atoms with Crippen molar-refractivity contribution in [3.8, 4) is 0 Å². The number of methoxy groups -OCH3 is 1. The van der Waals surface area contributed by atoms with E-state index in [1.165, 1.54) is 25.0 Å². The topological polar surface area (TPSA) is 26.3 Å². The van der Waals surface area contributed by atoms with E-state index in [1.54, 1.807) is 0 Å². The average Bonchev–Trinajstić information content (AvgIpc) is 2.51. The molecule has 0 aliphatic heterocycles. The fraction of sp³-hybridized carbons (Fsp3) is 0.850. The van der Waals surface area contributed by atoms with Gasteiger partial charge in [0.2, 0.25) is 0 Å². The molecule has 6 atom stereocenters. The maximum atomic E-state index is 12.7. The Labute approximate surface area is 135 Å². The predicted molar refractivity (Wildman–Crippen MR) is 89.3 cm³/mol. The first-order valence-corrected chi connectivity index (χ1v) is 9.30. The molecule has 2 heteroatoms. The molecule has 0 radical (unpaired) electrons. The van der Waals surface area contributed by atoms with Gasteiger partial charge in [-0.3, -0.25) is 4.79 Å². The zero-order valence-corrected chi connectivity index (χ0v) is 14.7. The van der Waals surface area contributed by atoms with Gasteiger partial charge in [-0.15, -0.1) is 0 Å². The van der Waals surface area contributed by atoms with Crippen LogP contribution < -0.4 is 0 Å². The summed E-state index contributed by atoms with van der Waals surface area (Å²) >= 11 is 0. The van der Waals surface area contributed by atoms with Gasteiger partial charge >= 0.3 is 0 Å². The van der Waals surface area contributed by atoms with Crippen molar-refractivity contribution >= 4 is 5.78 Å². The molecule has 0 N–H and O–H groups in total. The van der Waals surface area contributed by atoms with Crippen LogP contribution in [0, 0.1) is 35.0 Å². The maximum Gasteiger partial charge on any atom is 0.139 e. The number of carbonyl (C=O) groups excluding carboxylic acids is 1. The first-order valence-electron chi connectivity index (χ1n) is 9.30. The van der Waals surface area contributed by atoms with E-state index < -0.39 is 0 Å². The van der Waals surface area contributed by atoms with Crippen molar-refractivity contribution in [3.05, 3.63) is 11.8 Å². The fourth-order valence-electron chi connectivity index (χ4n) is 6.12. The number of ether oxygens (including phenoxy) is 1. The zero-order chi connectivity index (χ0) is 15.9. The van der Waals surface area contributed by atoms with Crippen molar-refractivity contribution in [1.82, 2.24) is 0 Å². The van der Waals surface area contributed by atoms with Crippen LogP contribution in [0.1, 0.15) is 65.7 Å². The van der Waals surface area contributed by atoms with Crippen molar-refractivity contribution in [2.24, 2.45) is 35.0 Å². The van der Waals surface area contributed by atoms with Crippen LogP contribution in [0.25, 0.3) is 0 Å². The maximum absolute atomic E-state index is 12.7. The van der Waals surface area contributed by atoms with Crippen molar-refractivity contribution in [1.29, 1.82) is 0 Å². The van der Waals surface area contributed by atoms with Crippen molar-refractivity contribution in [3.63, 3.8) is 0 Å². The molecule has 124 valence electrons. The minimum atomic E-state index is -0.0476. The van der Waals surface area contributed by atoms with E-state index in [1.807, 2.05) is 7.11 Å². The molecule has 5 unspecified atom stereocenters. The van der Waals surface area contributed by atoms with Crippen LogP contribution >= 0.6 is 0 Å². The lowest BCUT2D eigenvalue weighted by Crippen LogP contribution is -2.53. The lowest BCUT2D eigenvalue weighted by molar-refractivity contribution is -0.148. The average molecular weight is 304 g/mol. The molecule has 3 aliphatic carbocycles. The standard InChI is InChI=1S/C20H32O2/c1-5-6-15-14-11-12-20(3)18(21)10-7-13(2)19(20)16(14)8-9-17(15)22-4/h9,13-16,19H,5-8,10-12H2,1-4H3/t13-,14?,15?,16?,19?,20?/m0/s1. The van der Waals surface area contributed by atoms with Crippen LogP contribution in [0.2, 0.25) is 0 Å². The Morgan fingerprint density at radius 2 is 2.09 bits per heavy atom. The van der Waals surface area contributed by atoms with Crippen molar-refractivity contribution < 1.29 is 9.53 Å². The van der Waals surface area contributed by atoms with Gasteiger partial charge in [-0.1, -0.05) is 27.2 Å². The van der Waals surface area contributed by atoms with Gasteiger partial charge in [-0.25, -0.2) is 0 Å². The molecule has 0 aromatic heterocycles. The second kappa shape index (κ2) is 6.02. The number of hydrogen-bond donors (Lipinski definition) is 0. The Balaban J connectivity index is 1.93. The van der Waals surface area contributed by atoms with Crippen molar-refractivity contribution in [2.45, 2.75) is 65.7 Å². The number of ketones is 1. The van der Waals surface area contributed by atoms with Gasteiger partial charge in [-0.05, 0) is 61.9 Å². The molecule has 22 heavy (non-hydrogen) atoms. The molecule has 2 saturated carbocycles. The number of hydrogen-bond acceptors (Lipinski definition) is 2. The van der Waals surface area contributed by atoms with Crippen LogP contribution in [0.4, 0.5) is 0 Å². The second-order valence-corrected chi connectivity index (χ2v) is 8.19. The van der Waals surface area contributed by atoms with Gasteiger partial charge in [-0.2, -0.15) is 0 Å². The third kappa shape index (κ3) is 2.34. The first-order chi connectivity index (χ1) is 10.5. The van der Waals surface area contributed by atoms with E-state index in [0.29, 0.717) is 29.5 Å². The summed E-state index contributed by atoms with van der Waals surface area (Å²) in [6.07, 6.45) is 10.1. The normalized spacial score (nSPS) is 44.8. The van der Waals surface area contributed by atoms with Crippen LogP contribution in [-0.4, -0.2) is 12.9 Å². The fourth-order valence-corrected chi connectivity index (χ4v) is 6.12. The quantitative estimate of drug-likeness (QED) is 0.734. The molecule has 0 bridgehead atoms. The Bertz CT molecular complexity index is 466. The number of fused-ring (bicyclic) bond motifs is 3. The first kappa shape index (κ1) is 16.1. The largest absolute Gasteiger partial charge is 0.501 e. The van der Waals surface area contributed by atoms with Gasteiger partial charge in [0.1, 0.15) is 5.78 Å². The molecular formula is C20H32O2. The second-order valence-electron chi connectivity index (χ2n) is 8.19. The highest BCUT2D eigenvalue weighted by molar-refractivity contribution is 5.85. The highest BCUT2D eigenvalue weighted by Crippen LogP contribution is 2.59. The number of Topliss-reactive ketones (excluding diaryl/α,β-unsaturated/α-hetero) is 1. The summed E-state index contributed by atoms with van der Waals surface area (Å²) in [7, 11) is 1.83. The Kier molecular flexibility index (Phi) is 4.40.